The Morgan fingerprint density at radius 1 is 1.17 bits per heavy atom. The van der Waals surface area contributed by atoms with E-state index in [0.717, 1.165) is 5.39 Å². The number of aromatic nitrogens is 1. The van der Waals surface area contributed by atoms with E-state index >= 15 is 0 Å². The van der Waals surface area contributed by atoms with E-state index in [9.17, 15) is 23.1 Å². The van der Waals surface area contributed by atoms with Gasteiger partial charge in [0.05, 0.1) is 23.6 Å². The molecule has 4 aromatic rings. The number of carboxylic acid groups (broad SMARTS) is 1. The van der Waals surface area contributed by atoms with Crippen LogP contribution in [0.4, 0.5) is 13.2 Å². The zero-order chi connectivity index (χ0) is 21.0. The molecule has 3 aromatic heterocycles. The molecule has 0 bridgehead atoms. The first-order valence-corrected chi connectivity index (χ1v) is 9.43. The molecule has 0 spiro atoms. The number of furan rings is 2. The molecule has 1 atom stereocenters. The summed E-state index contributed by atoms with van der Waals surface area (Å²) < 4.78 is 52.7. The third kappa shape index (κ3) is 2.91. The molecule has 0 fully saturated rings. The number of aromatic carboxylic acids is 1. The highest BCUT2D eigenvalue weighted by atomic mass is 19.4. The van der Waals surface area contributed by atoms with Crippen LogP contribution in [0.25, 0.3) is 28.1 Å². The summed E-state index contributed by atoms with van der Waals surface area (Å²) in [6.07, 6.45) is -3.06. The predicted molar refractivity (Wildman–Crippen MR) is 102 cm³/mol. The van der Waals surface area contributed by atoms with E-state index in [1.165, 1.54) is 12.3 Å². The Morgan fingerprint density at radius 3 is 2.70 bits per heavy atom. The summed E-state index contributed by atoms with van der Waals surface area (Å²) in [4.78, 5) is 11.6. The fourth-order valence-corrected chi connectivity index (χ4v) is 4.21. The van der Waals surface area contributed by atoms with Gasteiger partial charge in [0.25, 0.3) is 0 Å². The van der Waals surface area contributed by atoms with Gasteiger partial charge in [0.15, 0.2) is 5.76 Å². The highest BCUT2D eigenvalue weighted by Gasteiger charge is 2.42. The second-order valence-electron chi connectivity index (χ2n) is 7.41. The van der Waals surface area contributed by atoms with Crippen LogP contribution in [-0.2, 0) is 12.8 Å². The van der Waals surface area contributed by atoms with Crippen molar-refractivity contribution < 1.29 is 31.9 Å². The van der Waals surface area contributed by atoms with E-state index in [1.807, 2.05) is 18.2 Å². The molecular formula is C22H16F3NO4. The largest absolute Gasteiger partial charge is 0.475 e. The van der Waals surface area contributed by atoms with Gasteiger partial charge in [-0.15, -0.1) is 0 Å². The molecule has 0 saturated heterocycles. The lowest BCUT2D eigenvalue weighted by Gasteiger charge is -2.25. The minimum absolute atomic E-state index is 0.0552. The van der Waals surface area contributed by atoms with Crippen molar-refractivity contribution >= 4 is 16.9 Å². The van der Waals surface area contributed by atoms with E-state index < -0.39 is 18.1 Å². The minimum Gasteiger partial charge on any atom is -0.475 e. The summed E-state index contributed by atoms with van der Waals surface area (Å²) >= 11 is 0. The van der Waals surface area contributed by atoms with Crippen LogP contribution in [0.3, 0.4) is 0 Å². The number of nitrogens with zero attached hydrogens (tertiary/aromatic N) is 1. The standard InChI is InChI=1S/C22H16F3NO4/c23-22(24,25)14-5-6-15-13(9-14)10-17(19-11-12-3-1-2-4-18(12)30-19)26(15)16-7-8-29-20(16)21(27)28/h1-4,7-8,10-11,14H,5-6,9H2,(H,27,28). The number of hydrogen-bond acceptors (Lipinski definition) is 3. The quantitative estimate of drug-likeness (QED) is 0.456. The number of carbonyl (C=O) groups is 1. The van der Waals surface area contributed by atoms with E-state index in [1.54, 1.807) is 22.8 Å². The van der Waals surface area contributed by atoms with Crippen LogP contribution >= 0.6 is 0 Å². The van der Waals surface area contributed by atoms with Gasteiger partial charge in [-0.05, 0) is 43.0 Å². The lowest BCUT2D eigenvalue weighted by Crippen LogP contribution is -2.29. The Morgan fingerprint density at radius 2 is 1.97 bits per heavy atom. The van der Waals surface area contributed by atoms with Gasteiger partial charge < -0.3 is 18.5 Å². The Hall–Kier alpha value is -3.42. The summed E-state index contributed by atoms with van der Waals surface area (Å²) in [6.45, 7) is 0. The zero-order valence-electron chi connectivity index (χ0n) is 15.6. The molecule has 0 radical (unpaired) electrons. The smallest absolute Gasteiger partial charge is 0.392 e. The molecule has 5 nitrogen and oxygen atoms in total. The average Bonchev–Trinajstić information content (AvgIpc) is 3.41. The van der Waals surface area contributed by atoms with Gasteiger partial charge in [0.1, 0.15) is 5.58 Å². The fourth-order valence-electron chi connectivity index (χ4n) is 4.21. The van der Waals surface area contributed by atoms with Gasteiger partial charge in [-0.3, -0.25) is 0 Å². The van der Waals surface area contributed by atoms with Crippen molar-refractivity contribution in [2.75, 3.05) is 0 Å². The molecular weight excluding hydrogens is 399 g/mol. The first-order valence-electron chi connectivity index (χ1n) is 9.43. The monoisotopic (exact) mass is 415 g/mol. The van der Waals surface area contributed by atoms with Gasteiger partial charge >= 0.3 is 12.1 Å². The maximum absolute atomic E-state index is 13.3. The lowest BCUT2D eigenvalue weighted by atomic mass is 9.87. The topological polar surface area (TPSA) is 68.5 Å². The average molecular weight is 415 g/mol. The molecule has 154 valence electrons. The number of para-hydroxylation sites is 1. The van der Waals surface area contributed by atoms with Crippen molar-refractivity contribution in [1.29, 1.82) is 0 Å². The zero-order valence-corrected chi connectivity index (χ0v) is 15.6. The van der Waals surface area contributed by atoms with Gasteiger partial charge in [-0.1, -0.05) is 18.2 Å². The van der Waals surface area contributed by atoms with Gasteiger partial charge in [-0.25, -0.2) is 4.79 Å². The normalized spacial score (nSPS) is 16.7. The summed E-state index contributed by atoms with van der Waals surface area (Å²) in [5.41, 5.74) is 2.59. The molecule has 1 aromatic carbocycles. The molecule has 1 unspecified atom stereocenters. The summed E-state index contributed by atoms with van der Waals surface area (Å²) in [7, 11) is 0. The van der Waals surface area contributed by atoms with Crippen LogP contribution in [-0.4, -0.2) is 21.8 Å². The number of hydrogen-bond donors (Lipinski definition) is 1. The van der Waals surface area contributed by atoms with Crippen LogP contribution in [0.5, 0.6) is 0 Å². The molecule has 1 aliphatic rings. The van der Waals surface area contributed by atoms with E-state index in [2.05, 4.69) is 0 Å². The summed E-state index contributed by atoms with van der Waals surface area (Å²) in [5.74, 6) is -2.50. The molecule has 1 aliphatic carbocycles. The van der Waals surface area contributed by atoms with Crippen LogP contribution in [0.1, 0.15) is 28.2 Å². The third-order valence-electron chi connectivity index (χ3n) is 5.61. The van der Waals surface area contributed by atoms with Crippen molar-refractivity contribution in [1.82, 2.24) is 4.57 Å². The maximum Gasteiger partial charge on any atom is 0.392 e. The number of carboxylic acids is 1. The van der Waals surface area contributed by atoms with Crippen LogP contribution in [0.2, 0.25) is 0 Å². The second kappa shape index (κ2) is 6.55. The van der Waals surface area contributed by atoms with E-state index in [-0.39, 0.29) is 30.7 Å². The van der Waals surface area contributed by atoms with Crippen molar-refractivity contribution in [3.05, 3.63) is 65.7 Å². The number of alkyl halides is 3. The maximum atomic E-state index is 13.3. The Kier molecular flexibility index (Phi) is 4.06. The second-order valence-corrected chi connectivity index (χ2v) is 7.41. The predicted octanol–water partition coefficient (Wildman–Crippen LogP) is 5.85. The number of fused-ring (bicyclic) bond motifs is 2. The molecule has 30 heavy (non-hydrogen) atoms. The third-order valence-corrected chi connectivity index (χ3v) is 5.61. The Bertz CT molecular complexity index is 1230. The molecule has 1 N–H and O–H groups in total. The first-order chi connectivity index (χ1) is 14.3. The van der Waals surface area contributed by atoms with Crippen molar-refractivity contribution in [3.8, 4) is 17.1 Å². The van der Waals surface area contributed by atoms with Crippen LogP contribution in [0.15, 0.2) is 57.6 Å². The number of rotatable bonds is 3. The van der Waals surface area contributed by atoms with E-state index in [0.29, 0.717) is 28.3 Å². The molecule has 0 aliphatic heterocycles. The van der Waals surface area contributed by atoms with Crippen molar-refractivity contribution in [2.24, 2.45) is 5.92 Å². The highest BCUT2D eigenvalue weighted by Crippen LogP contribution is 2.42. The van der Waals surface area contributed by atoms with Crippen molar-refractivity contribution in [2.45, 2.75) is 25.4 Å². The molecule has 0 saturated carbocycles. The summed E-state index contributed by atoms with van der Waals surface area (Å²) in [6, 6.07) is 12.3. The molecule has 3 heterocycles. The van der Waals surface area contributed by atoms with E-state index in [4.69, 9.17) is 8.83 Å². The van der Waals surface area contributed by atoms with Crippen molar-refractivity contribution in [3.63, 3.8) is 0 Å². The Labute approximate surface area is 168 Å². The Balaban J connectivity index is 1.72. The lowest BCUT2D eigenvalue weighted by molar-refractivity contribution is -0.177. The molecule has 8 heteroatoms. The van der Waals surface area contributed by atoms with Crippen LogP contribution in [0, 0.1) is 5.92 Å². The first kappa shape index (κ1) is 18.6. The molecule has 5 rings (SSSR count). The highest BCUT2D eigenvalue weighted by molar-refractivity contribution is 5.89. The summed E-state index contributed by atoms with van der Waals surface area (Å²) in [5, 5.41) is 10.3. The van der Waals surface area contributed by atoms with Gasteiger partial charge in [0, 0.05) is 17.1 Å². The van der Waals surface area contributed by atoms with Crippen LogP contribution < -0.4 is 0 Å². The van der Waals surface area contributed by atoms with Gasteiger partial charge in [0.2, 0.25) is 5.76 Å². The van der Waals surface area contributed by atoms with Gasteiger partial charge in [-0.2, -0.15) is 13.2 Å². The number of halogens is 3. The SMILES string of the molecule is O=C(O)c1occc1-n1c(-c2cc3ccccc3o2)cc2c1CCC(C(F)(F)F)C2. The number of benzene rings is 1. The fraction of sp³-hybridized carbons (Fsp3) is 0.227. The minimum atomic E-state index is -4.28. The molecule has 0 amide bonds.